The van der Waals surface area contributed by atoms with Crippen LogP contribution < -0.4 is 4.90 Å². The summed E-state index contributed by atoms with van der Waals surface area (Å²) in [7, 11) is 0. The van der Waals surface area contributed by atoms with Crippen molar-refractivity contribution in [2.75, 3.05) is 11.4 Å². The fourth-order valence-corrected chi connectivity index (χ4v) is 2.20. The molecule has 0 unspecified atom stereocenters. The number of carboxylic acids is 1. The number of nitrogens with zero attached hydrogens (tertiary/aromatic N) is 1. The molecule has 0 saturated heterocycles. The number of halogens is 1. The van der Waals surface area contributed by atoms with Gasteiger partial charge >= 0.3 is 5.97 Å². The smallest absolute Gasteiger partial charge is 0.328 e. The van der Waals surface area contributed by atoms with Gasteiger partial charge in [0.15, 0.2) is 0 Å². The number of hydrogen-bond donors (Lipinski definition) is 1. The molecular weight excluding hydrogens is 250 g/mol. The lowest BCUT2D eigenvalue weighted by Gasteiger charge is -2.30. The van der Waals surface area contributed by atoms with E-state index in [1.54, 1.807) is 6.08 Å². The summed E-state index contributed by atoms with van der Waals surface area (Å²) in [5, 5.41) is 9.34. The molecule has 0 bridgehead atoms. The Morgan fingerprint density at radius 2 is 2.17 bits per heavy atom. The summed E-state index contributed by atoms with van der Waals surface area (Å²) in [6.45, 7) is 7.03. The molecule has 0 fully saturated rings. The maximum Gasteiger partial charge on any atom is 0.328 e. The van der Waals surface area contributed by atoms with Gasteiger partial charge in [-0.2, -0.15) is 0 Å². The van der Waals surface area contributed by atoms with E-state index in [9.17, 15) is 4.79 Å². The number of carbonyl (C=O) groups is 1. The molecular formula is C14H18ClNO2. The second-order valence-electron chi connectivity index (χ2n) is 4.23. The van der Waals surface area contributed by atoms with Gasteiger partial charge in [0.2, 0.25) is 0 Å². The molecule has 0 radical (unpaired) electrons. The average molecular weight is 268 g/mol. The third-order valence-corrected chi connectivity index (χ3v) is 2.98. The van der Waals surface area contributed by atoms with Gasteiger partial charge in [0, 0.05) is 18.7 Å². The monoisotopic (exact) mass is 267 g/mol. The first-order chi connectivity index (χ1) is 8.47. The summed E-state index contributed by atoms with van der Waals surface area (Å²) in [6.07, 6.45) is 2.71. The summed E-state index contributed by atoms with van der Waals surface area (Å²) in [4.78, 5) is 12.8. The molecule has 0 saturated carbocycles. The van der Waals surface area contributed by atoms with Crippen molar-refractivity contribution in [3.63, 3.8) is 0 Å². The van der Waals surface area contributed by atoms with Crippen LogP contribution in [0.4, 0.5) is 5.69 Å². The van der Waals surface area contributed by atoms with Gasteiger partial charge in [0.1, 0.15) is 0 Å². The molecule has 0 spiro atoms. The average Bonchev–Trinajstić information content (AvgIpc) is 2.29. The zero-order valence-corrected chi connectivity index (χ0v) is 11.6. The van der Waals surface area contributed by atoms with Crippen molar-refractivity contribution in [1.82, 2.24) is 0 Å². The van der Waals surface area contributed by atoms with Crippen LogP contribution in [0, 0.1) is 0 Å². The van der Waals surface area contributed by atoms with E-state index < -0.39 is 5.97 Å². The van der Waals surface area contributed by atoms with Gasteiger partial charge in [-0.25, -0.2) is 4.79 Å². The van der Waals surface area contributed by atoms with Crippen molar-refractivity contribution in [2.24, 2.45) is 0 Å². The van der Waals surface area contributed by atoms with E-state index in [0.717, 1.165) is 23.9 Å². The van der Waals surface area contributed by atoms with Crippen LogP contribution in [0.3, 0.4) is 0 Å². The highest BCUT2D eigenvalue weighted by atomic mass is 35.5. The van der Waals surface area contributed by atoms with Crippen LogP contribution in [0.15, 0.2) is 24.3 Å². The van der Waals surface area contributed by atoms with Crippen LogP contribution in [0.5, 0.6) is 0 Å². The highest BCUT2D eigenvalue weighted by Gasteiger charge is 2.15. The summed E-state index contributed by atoms with van der Waals surface area (Å²) in [5.74, 6) is -0.964. The molecule has 98 valence electrons. The lowest BCUT2D eigenvalue weighted by Crippen LogP contribution is -2.31. The molecule has 1 aromatic carbocycles. The van der Waals surface area contributed by atoms with Gasteiger partial charge in [0.05, 0.1) is 10.7 Å². The van der Waals surface area contributed by atoms with Crippen LogP contribution in [0.1, 0.15) is 26.3 Å². The van der Waals surface area contributed by atoms with Crippen LogP contribution in [0.2, 0.25) is 5.02 Å². The maximum absolute atomic E-state index is 10.6. The van der Waals surface area contributed by atoms with Gasteiger partial charge in [-0.1, -0.05) is 23.7 Å². The molecule has 0 aliphatic heterocycles. The Morgan fingerprint density at radius 3 is 2.67 bits per heavy atom. The lowest BCUT2D eigenvalue weighted by atomic mass is 10.1. The Labute approximate surface area is 113 Å². The standard InChI is InChI=1S/C14H18ClNO2/c1-4-16(10(2)3)14-11(8-9-13(17)18)6-5-7-12(14)15/h5-10H,4H2,1-3H3,(H,17,18)/b9-8+. The Bertz CT molecular complexity index is 455. The van der Waals surface area contributed by atoms with Crippen molar-refractivity contribution < 1.29 is 9.90 Å². The number of aliphatic carboxylic acids is 1. The summed E-state index contributed by atoms with van der Waals surface area (Å²) < 4.78 is 0. The normalized spacial score (nSPS) is 11.2. The van der Waals surface area contributed by atoms with E-state index >= 15 is 0 Å². The van der Waals surface area contributed by atoms with E-state index in [2.05, 4.69) is 18.7 Å². The van der Waals surface area contributed by atoms with Crippen LogP contribution in [-0.4, -0.2) is 23.7 Å². The highest BCUT2D eigenvalue weighted by Crippen LogP contribution is 2.32. The van der Waals surface area contributed by atoms with Crippen molar-refractivity contribution in [2.45, 2.75) is 26.8 Å². The molecule has 1 aromatic rings. The summed E-state index contributed by atoms with van der Waals surface area (Å²) >= 11 is 6.24. The van der Waals surface area contributed by atoms with Gasteiger partial charge in [0.25, 0.3) is 0 Å². The maximum atomic E-state index is 10.6. The van der Waals surface area contributed by atoms with Crippen LogP contribution in [-0.2, 0) is 4.79 Å². The zero-order chi connectivity index (χ0) is 13.7. The molecule has 0 aliphatic rings. The Kier molecular flexibility index (Phi) is 5.23. The number of anilines is 1. The Hall–Kier alpha value is -1.48. The van der Waals surface area contributed by atoms with Crippen molar-refractivity contribution in [3.8, 4) is 0 Å². The van der Waals surface area contributed by atoms with Gasteiger partial charge < -0.3 is 10.0 Å². The molecule has 1 N–H and O–H groups in total. The van der Waals surface area contributed by atoms with Gasteiger partial charge in [-0.3, -0.25) is 0 Å². The minimum atomic E-state index is -0.964. The summed E-state index contributed by atoms with van der Waals surface area (Å²) in [5.41, 5.74) is 1.70. The zero-order valence-electron chi connectivity index (χ0n) is 10.9. The second-order valence-corrected chi connectivity index (χ2v) is 4.64. The predicted octanol–water partition coefficient (Wildman–Crippen LogP) is 3.67. The summed E-state index contributed by atoms with van der Waals surface area (Å²) in [6, 6.07) is 5.81. The number of carboxylic acid groups (broad SMARTS) is 1. The largest absolute Gasteiger partial charge is 0.478 e. The minimum Gasteiger partial charge on any atom is -0.478 e. The van der Waals surface area contributed by atoms with Gasteiger partial charge in [-0.05, 0) is 38.5 Å². The second kappa shape index (κ2) is 6.45. The quantitative estimate of drug-likeness (QED) is 0.828. The van der Waals surface area contributed by atoms with E-state index in [0.29, 0.717) is 11.1 Å². The number of hydrogen-bond acceptors (Lipinski definition) is 2. The SMILES string of the molecule is CCN(c1c(Cl)cccc1/C=C/C(=O)O)C(C)C. The number of para-hydroxylation sites is 1. The molecule has 1 rings (SSSR count). The molecule has 0 heterocycles. The fourth-order valence-electron chi connectivity index (χ4n) is 1.91. The minimum absolute atomic E-state index is 0.298. The van der Waals surface area contributed by atoms with Crippen molar-refractivity contribution >= 4 is 29.3 Å². The molecule has 18 heavy (non-hydrogen) atoms. The first-order valence-corrected chi connectivity index (χ1v) is 6.31. The Morgan fingerprint density at radius 1 is 1.50 bits per heavy atom. The topological polar surface area (TPSA) is 40.5 Å². The first-order valence-electron chi connectivity index (χ1n) is 5.93. The first kappa shape index (κ1) is 14.6. The lowest BCUT2D eigenvalue weighted by molar-refractivity contribution is -0.131. The molecule has 0 aliphatic carbocycles. The molecule has 4 heteroatoms. The van der Waals surface area contributed by atoms with Crippen LogP contribution >= 0.6 is 11.6 Å². The molecule has 0 amide bonds. The fraction of sp³-hybridized carbons (Fsp3) is 0.357. The van der Waals surface area contributed by atoms with E-state index in [4.69, 9.17) is 16.7 Å². The Balaban J connectivity index is 3.27. The van der Waals surface area contributed by atoms with Crippen molar-refractivity contribution in [3.05, 3.63) is 34.9 Å². The highest BCUT2D eigenvalue weighted by molar-refractivity contribution is 6.33. The van der Waals surface area contributed by atoms with E-state index in [-0.39, 0.29) is 0 Å². The number of rotatable bonds is 5. The van der Waals surface area contributed by atoms with E-state index in [1.807, 2.05) is 25.1 Å². The third kappa shape index (κ3) is 3.50. The molecule has 0 aromatic heterocycles. The predicted molar refractivity (Wildman–Crippen MR) is 76.3 cm³/mol. The van der Waals surface area contributed by atoms with Crippen LogP contribution in [0.25, 0.3) is 6.08 Å². The molecule has 3 nitrogen and oxygen atoms in total. The van der Waals surface area contributed by atoms with Crippen molar-refractivity contribution in [1.29, 1.82) is 0 Å². The van der Waals surface area contributed by atoms with E-state index in [1.165, 1.54) is 0 Å². The molecule has 0 atom stereocenters. The number of benzene rings is 1. The van der Waals surface area contributed by atoms with Gasteiger partial charge in [-0.15, -0.1) is 0 Å². The third-order valence-electron chi connectivity index (χ3n) is 2.67.